The number of nitrogens with one attached hydrogen (secondary N) is 1. The fourth-order valence-corrected chi connectivity index (χ4v) is 2.85. The fraction of sp³-hybridized carbons (Fsp3) is 0.684. The third-order valence-corrected chi connectivity index (χ3v) is 4.30. The highest BCUT2D eigenvalue weighted by atomic mass is 15.1. The van der Waals surface area contributed by atoms with E-state index in [2.05, 4.69) is 69.2 Å². The van der Waals surface area contributed by atoms with Crippen LogP contribution in [0, 0.1) is 0 Å². The molecule has 2 heteroatoms. The van der Waals surface area contributed by atoms with Crippen molar-refractivity contribution in [1.29, 1.82) is 0 Å². The second-order valence-corrected chi connectivity index (χ2v) is 6.18. The predicted octanol–water partition coefficient (Wildman–Crippen LogP) is 4.41. The lowest BCUT2D eigenvalue weighted by Crippen LogP contribution is -2.37. The van der Waals surface area contributed by atoms with Crippen molar-refractivity contribution in [3.63, 3.8) is 0 Å². The van der Waals surface area contributed by atoms with Crippen molar-refractivity contribution in [1.82, 2.24) is 10.2 Å². The molecule has 120 valence electrons. The lowest BCUT2D eigenvalue weighted by atomic mass is 10.0. The molecular formula is C19H34N2. The molecule has 0 fully saturated rings. The van der Waals surface area contributed by atoms with Gasteiger partial charge in [-0.1, -0.05) is 57.9 Å². The molecule has 2 nitrogen and oxygen atoms in total. The Balaban J connectivity index is 2.71. The van der Waals surface area contributed by atoms with Gasteiger partial charge in [0.15, 0.2) is 0 Å². The SMILES string of the molecule is CCCc1ccc(C(CN(C)C(C)CCC)NCC)cc1. The third-order valence-electron chi connectivity index (χ3n) is 4.30. The summed E-state index contributed by atoms with van der Waals surface area (Å²) in [4.78, 5) is 2.48. The van der Waals surface area contributed by atoms with Gasteiger partial charge < -0.3 is 10.2 Å². The fourth-order valence-electron chi connectivity index (χ4n) is 2.85. The van der Waals surface area contributed by atoms with Gasteiger partial charge in [0.1, 0.15) is 0 Å². The van der Waals surface area contributed by atoms with Crippen LogP contribution in [-0.2, 0) is 6.42 Å². The Labute approximate surface area is 131 Å². The first kappa shape index (κ1) is 18.2. The van der Waals surface area contributed by atoms with Gasteiger partial charge in [-0.05, 0) is 44.5 Å². The summed E-state index contributed by atoms with van der Waals surface area (Å²) in [5.74, 6) is 0. The van der Waals surface area contributed by atoms with Crippen LogP contribution in [0.3, 0.4) is 0 Å². The maximum atomic E-state index is 3.64. The van der Waals surface area contributed by atoms with Gasteiger partial charge >= 0.3 is 0 Å². The summed E-state index contributed by atoms with van der Waals surface area (Å²) in [7, 11) is 2.25. The quantitative estimate of drug-likeness (QED) is 0.686. The number of benzene rings is 1. The highest BCUT2D eigenvalue weighted by Crippen LogP contribution is 2.17. The summed E-state index contributed by atoms with van der Waals surface area (Å²) in [5, 5.41) is 3.64. The largest absolute Gasteiger partial charge is 0.309 e. The molecule has 1 aromatic carbocycles. The predicted molar refractivity (Wildman–Crippen MR) is 93.9 cm³/mol. The third kappa shape index (κ3) is 6.19. The second-order valence-electron chi connectivity index (χ2n) is 6.18. The normalized spacial score (nSPS) is 14.4. The molecule has 21 heavy (non-hydrogen) atoms. The Kier molecular flexibility index (Phi) is 8.63. The number of nitrogens with zero attached hydrogens (tertiary/aromatic N) is 1. The van der Waals surface area contributed by atoms with E-state index in [1.165, 1.54) is 36.8 Å². The zero-order chi connectivity index (χ0) is 15.7. The van der Waals surface area contributed by atoms with Gasteiger partial charge in [0.05, 0.1) is 0 Å². The van der Waals surface area contributed by atoms with Gasteiger partial charge in [-0.3, -0.25) is 0 Å². The molecule has 0 saturated carbocycles. The zero-order valence-electron chi connectivity index (χ0n) is 14.7. The highest BCUT2D eigenvalue weighted by Gasteiger charge is 2.16. The van der Waals surface area contributed by atoms with Crippen LogP contribution >= 0.6 is 0 Å². The standard InChI is InChI=1S/C19H34N2/c1-6-9-16(4)21(5)15-19(20-8-3)18-13-11-17(10-7-2)12-14-18/h11-14,16,19-20H,6-10,15H2,1-5H3. The van der Waals surface area contributed by atoms with E-state index in [0.717, 1.165) is 13.1 Å². The van der Waals surface area contributed by atoms with E-state index in [4.69, 9.17) is 0 Å². The van der Waals surface area contributed by atoms with Crippen molar-refractivity contribution in [2.24, 2.45) is 0 Å². The van der Waals surface area contributed by atoms with Crippen LogP contribution in [-0.4, -0.2) is 31.1 Å². The lowest BCUT2D eigenvalue weighted by Gasteiger charge is -2.29. The van der Waals surface area contributed by atoms with Crippen LogP contribution in [0.25, 0.3) is 0 Å². The van der Waals surface area contributed by atoms with Crippen LogP contribution in [0.4, 0.5) is 0 Å². The number of rotatable bonds is 10. The van der Waals surface area contributed by atoms with Gasteiger partial charge in [0.25, 0.3) is 0 Å². The molecule has 0 radical (unpaired) electrons. The van der Waals surface area contributed by atoms with E-state index in [-0.39, 0.29) is 0 Å². The van der Waals surface area contributed by atoms with E-state index in [1.54, 1.807) is 0 Å². The first-order chi connectivity index (χ1) is 10.1. The average molecular weight is 290 g/mol. The van der Waals surface area contributed by atoms with Crippen LogP contribution in [0.15, 0.2) is 24.3 Å². The number of hydrogen-bond acceptors (Lipinski definition) is 2. The smallest absolute Gasteiger partial charge is 0.0449 e. The summed E-state index contributed by atoms with van der Waals surface area (Å²) in [6, 6.07) is 10.3. The van der Waals surface area contributed by atoms with E-state index in [0.29, 0.717) is 12.1 Å². The molecule has 0 aliphatic heterocycles. The Hall–Kier alpha value is -0.860. The first-order valence-electron chi connectivity index (χ1n) is 8.64. The lowest BCUT2D eigenvalue weighted by molar-refractivity contribution is 0.219. The van der Waals surface area contributed by atoms with E-state index in [9.17, 15) is 0 Å². The first-order valence-corrected chi connectivity index (χ1v) is 8.64. The summed E-state index contributed by atoms with van der Waals surface area (Å²) >= 11 is 0. The van der Waals surface area contributed by atoms with Crippen molar-refractivity contribution in [3.05, 3.63) is 35.4 Å². The summed E-state index contributed by atoms with van der Waals surface area (Å²) in [5.41, 5.74) is 2.86. The van der Waals surface area contributed by atoms with E-state index < -0.39 is 0 Å². The molecule has 0 bridgehead atoms. The molecule has 0 aliphatic carbocycles. The molecule has 0 aliphatic rings. The van der Waals surface area contributed by atoms with Gasteiger partial charge in [-0.15, -0.1) is 0 Å². The Morgan fingerprint density at radius 1 is 1.05 bits per heavy atom. The van der Waals surface area contributed by atoms with E-state index in [1.807, 2.05) is 0 Å². The molecule has 2 atom stereocenters. The Morgan fingerprint density at radius 2 is 1.71 bits per heavy atom. The molecule has 1 N–H and O–H groups in total. The molecule has 0 aromatic heterocycles. The molecule has 0 heterocycles. The van der Waals surface area contributed by atoms with Crippen molar-refractivity contribution in [2.45, 2.75) is 65.5 Å². The molecule has 1 aromatic rings. The van der Waals surface area contributed by atoms with Gasteiger partial charge in [0.2, 0.25) is 0 Å². The topological polar surface area (TPSA) is 15.3 Å². The second kappa shape index (κ2) is 9.97. The van der Waals surface area contributed by atoms with Crippen molar-refractivity contribution >= 4 is 0 Å². The van der Waals surface area contributed by atoms with E-state index >= 15 is 0 Å². The highest BCUT2D eigenvalue weighted by molar-refractivity contribution is 5.25. The van der Waals surface area contributed by atoms with Crippen LogP contribution in [0.2, 0.25) is 0 Å². The van der Waals surface area contributed by atoms with Crippen LogP contribution < -0.4 is 5.32 Å². The molecule has 0 amide bonds. The minimum Gasteiger partial charge on any atom is -0.309 e. The van der Waals surface area contributed by atoms with Crippen molar-refractivity contribution in [3.8, 4) is 0 Å². The monoisotopic (exact) mass is 290 g/mol. The molecule has 2 unspecified atom stereocenters. The average Bonchev–Trinajstić information content (AvgIpc) is 2.48. The zero-order valence-corrected chi connectivity index (χ0v) is 14.7. The molecule has 0 spiro atoms. The number of aryl methyl sites for hydroxylation is 1. The van der Waals surface area contributed by atoms with Gasteiger partial charge in [-0.25, -0.2) is 0 Å². The van der Waals surface area contributed by atoms with Gasteiger partial charge in [0, 0.05) is 18.6 Å². The Bertz CT molecular complexity index is 372. The maximum Gasteiger partial charge on any atom is 0.0449 e. The van der Waals surface area contributed by atoms with Gasteiger partial charge in [-0.2, -0.15) is 0 Å². The Morgan fingerprint density at radius 3 is 2.24 bits per heavy atom. The molecular weight excluding hydrogens is 256 g/mol. The van der Waals surface area contributed by atoms with Crippen molar-refractivity contribution < 1.29 is 0 Å². The van der Waals surface area contributed by atoms with Crippen LogP contribution in [0.5, 0.6) is 0 Å². The molecule has 1 rings (SSSR count). The minimum absolute atomic E-state index is 0.426. The summed E-state index contributed by atoms with van der Waals surface area (Å²) in [6.07, 6.45) is 4.92. The maximum absolute atomic E-state index is 3.64. The molecule has 0 saturated heterocycles. The van der Waals surface area contributed by atoms with Crippen LogP contribution in [0.1, 0.15) is 64.1 Å². The summed E-state index contributed by atoms with van der Waals surface area (Å²) < 4.78 is 0. The van der Waals surface area contributed by atoms with Crippen molar-refractivity contribution in [2.75, 3.05) is 20.1 Å². The summed E-state index contributed by atoms with van der Waals surface area (Å²) in [6.45, 7) is 11.1. The minimum atomic E-state index is 0.426. The number of hydrogen-bond donors (Lipinski definition) is 1. The number of likely N-dealkylation sites (N-methyl/N-ethyl adjacent to an activating group) is 2.